The van der Waals surface area contributed by atoms with Crippen LogP contribution in [-0.2, 0) is 9.59 Å². The van der Waals surface area contributed by atoms with Crippen molar-refractivity contribution in [3.05, 3.63) is 47.0 Å². The van der Waals surface area contributed by atoms with Crippen molar-refractivity contribution in [2.75, 3.05) is 4.90 Å². The van der Waals surface area contributed by atoms with Crippen LogP contribution in [0.4, 0.5) is 40.8 Å². The summed E-state index contributed by atoms with van der Waals surface area (Å²) in [5, 5.41) is 9.33. The number of ether oxygens (including phenoxy) is 1. The topological polar surface area (TPSA) is 66.8 Å². The maximum atomic E-state index is 14.5. The average molecular weight is 455 g/mol. The van der Waals surface area contributed by atoms with Gasteiger partial charge in [0.2, 0.25) is 5.82 Å². The zero-order valence-corrected chi connectivity index (χ0v) is 15.3. The molecule has 5 nitrogen and oxygen atoms in total. The minimum atomic E-state index is -4.64. The Hall–Kier alpha value is -3.38. The summed E-state index contributed by atoms with van der Waals surface area (Å²) in [6.07, 6.45) is -4.64. The molecule has 1 aliphatic rings. The Morgan fingerprint density at radius 3 is 1.94 bits per heavy atom. The van der Waals surface area contributed by atoms with Crippen molar-refractivity contribution in [1.82, 2.24) is 0 Å². The van der Waals surface area contributed by atoms with Crippen LogP contribution >= 0.6 is 0 Å². The quantitative estimate of drug-likeness (QED) is 0.424. The van der Waals surface area contributed by atoms with Gasteiger partial charge in [-0.1, -0.05) is 0 Å². The number of carboxylic acids is 1. The average Bonchev–Trinajstić information content (AvgIpc) is 2.66. The van der Waals surface area contributed by atoms with Gasteiger partial charge in [-0.2, -0.15) is 8.78 Å². The van der Waals surface area contributed by atoms with Crippen molar-refractivity contribution in [2.45, 2.75) is 25.5 Å². The van der Waals surface area contributed by atoms with Gasteiger partial charge < -0.3 is 9.84 Å². The molecular weight excluding hydrogens is 446 g/mol. The standard InChI is InChI=1S/C18H9F8NO4/c1-17(2,16(29)30)27-7-3-5(6(19)4-8(7)31-18(25,26)15(27)28)9-10(20)12(22)14(24)13(23)11(9)21/h3-4H,1-2H3,(H,29,30). The highest BCUT2D eigenvalue weighted by Gasteiger charge is 2.56. The number of amides is 1. The lowest BCUT2D eigenvalue weighted by molar-refractivity contribution is -0.194. The zero-order valence-electron chi connectivity index (χ0n) is 15.3. The van der Waals surface area contributed by atoms with Crippen LogP contribution in [0.15, 0.2) is 12.1 Å². The Labute approximate surface area is 167 Å². The SMILES string of the molecule is CC(C)(C(=O)O)N1C(=O)C(F)(F)Oc2cc(F)c(-c3c(F)c(F)c(F)c(F)c3F)cc21. The van der Waals surface area contributed by atoms with Gasteiger partial charge in [0.1, 0.15) is 11.4 Å². The molecule has 0 bridgehead atoms. The highest BCUT2D eigenvalue weighted by molar-refractivity contribution is 6.07. The Balaban J connectivity index is 2.39. The van der Waals surface area contributed by atoms with Crippen LogP contribution in [0.5, 0.6) is 5.75 Å². The normalized spacial score (nSPS) is 15.5. The van der Waals surface area contributed by atoms with E-state index in [-0.39, 0.29) is 17.0 Å². The molecule has 0 radical (unpaired) electrons. The van der Waals surface area contributed by atoms with E-state index in [9.17, 15) is 49.8 Å². The van der Waals surface area contributed by atoms with Crippen molar-refractivity contribution in [1.29, 1.82) is 0 Å². The summed E-state index contributed by atoms with van der Waals surface area (Å²) in [4.78, 5) is 23.6. The van der Waals surface area contributed by atoms with E-state index in [2.05, 4.69) is 4.74 Å². The number of hydrogen-bond acceptors (Lipinski definition) is 3. The molecular formula is C18H9F8NO4. The number of carbonyl (C=O) groups excluding carboxylic acids is 1. The molecule has 1 amide bonds. The third-order valence-corrected chi connectivity index (χ3v) is 4.54. The lowest BCUT2D eigenvalue weighted by Gasteiger charge is -2.41. The molecule has 1 aliphatic heterocycles. The lowest BCUT2D eigenvalue weighted by atomic mass is 9.96. The second kappa shape index (κ2) is 6.82. The maximum Gasteiger partial charge on any atom is 0.483 e. The Kier molecular flexibility index (Phi) is 4.91. The zero-order chi connectivity index (χ0) is 23.6. The van der Waals surface area contributed by atoms with Gasteiger partial charge in [-0.05, 0) is 19.9 Å². The minimum Gasteiger partial charge on any atom is -0.480 e. The van der Waals surface area contributed by atoms with Crippen LogP contribution in [0.2, 0.25) is 0 Å². The Morgan fingerprint density at radius 1 is 0.968 bits per heavy atom. The number of aliphatic carboxylic acids is 1. The summed E-state index contributed by atoms with van der Waals surface area (Å²) in [6, 6.07) is 0.384. The highest BCUT2D eigenvalue weighted by atomic mass is 19.3. The van der Waals surface area contributed by atoms with Crippen LogP contribution in [0.1, 0.15) is 13.8 Å². The molecule has 2 aromatic carbocycles. The molecule has 0 unspecified atom stereocenters. The summed E-state index contributed by atoms with van der Waals surface area (Å²) in [6.45, 7) is 1.61. The number of rotatable bonds is 3. The molecule has 1 heterocycles. The maximum absolute atomic E-state index is 14.5. The second-order valence-electron chi connectivity index (χ2n) is 6.87. The minimum absolute atomic E-state index is 0.0385. The van der Waals surface area contributed by atoms with Crippen molar-refractivity contribution in [3.8, 4) is 16.9 Å². The fourth-order valence-electron chi connectivity index (χ4n) is 2.90. The molecule has 3 rings (SSSR count). The summed E-state index contributed by atoms with van der Waals surface area (Å²) < 4.78 is 115. The molecule has 1 N–H and O–H groups in total. The predicted molar refractivity (Wildman–Crippen MR) is 86.4 cm³/mol. The number of anilines is 1. The van der Waals surface area contributed by atoms with Gasteiger partial charge in [-0.3, -0.25) is 9.69 Å². The van der Waals surface area contributed by atoms with E-state index in [1.165, 1.54) is 0 Å². The van der Waals surface area contributed by atoms with Crippen LogP contribution < -0.4 is 9.64 Å². The first-order valence-corrected chi connectivity index (χ1v) is 8.13. The number of nitrogens with zero attached hydrogens (tertiary/aromatic N) is 1. The van der Waals surface area contributed by atoms with Gasteiger partial charge >= 0.3 is 18.0 Å². The van der Waals surface area contributed by atoms with E-state index >= 15 is 0 Å². The summed E-state index contributed by atoms with van der Waals surface area (Å²) >= 11 is 0. The fourth-order valence-corrected chi connectivity index (χ4v) is 2.90. The Morgan fingerprint density at radius 2 is 1.45 bits per heavy atom. The molecule has 0 atom stereocenters. The molecule has 0 spiro atoms. The summed E-state index contributed by atoms with van der Waals surface area (Å²) in [5.74, 6) is -19.1. The van der Waals surface area contributed by atoms with Gasteiger partial charge in [0.05, 0.1) is 11.3 Å². The largest absolute Gasteiger partial charge is 0.483 e. The molecule has 166 valence electrons. The molecule has 0 saturated carbocycles. The monoisotopic (exact) mass is 455 g/mol. The molecule has 0 aromatic heterocycles. The van der Waals surface area contributed by atoms with Crippen molar-refractivity contribution < 1.29 is 54.6 Å². The van der Waals surface area contributed by atoms with Crippen LogP contribution in [-0.4, -0.2) is 28.6 Å². The van der Waals surface area contributed by atoms with E-state index in [0.717, 1.165) is 13.8 Å². The molecule has 0 fully saturated rings. The lowest BCUT2D eigenvalue weighted by Crippen LogP contribution is -2.61. The highest BCUT2D eigenvalue weighted by Crippen LogP contribution is 2.46. The third-order valence-electron chi connectivity index (χ3n) is 4.54. The van der Waals surface area contributed by atoms with Crippen molar-refractivity contribution in [3.63, 3.8) is 0 Å². The van der Waals surface area contributed by atoms with E-state index in [0.29, 0.717) is 0 Å². The number of halogens is 8. The molecule has 13 heteroatoms. The predicted octanol–water partition coefficient (Wildman–Crippen LogP) is 4.37. The Bertz CT molecular complexity index is 1120. The van der Waals surface area contributed by atoms with E-state index < -0.39 is 81.0 Å². The van der Waals surface area contributed by atoms with Gasteiger partial charge in [-0.15, -0.1) is 0 Å². The second-order valence-corrected chi connectivity index (χ2v) is 6.87. The molecule has 0 saturated heterocycles. The van der Waals surface area contributed by atoms with Crippen LogP contribution in [0.3, 0.4) is 0 Å². The van der Waals surface area contributed by atoms with E-state index in [1.54, 1.807) is 0 Å². The fraction of sp³-hybridized carbons (Fsp3) is 0.222. The first-order valence-electron chi connectivity index (χ1n) is 8.13. The van der Waals surface area contributed by atoms with Crippen LogP contribution in [0.25, 0.3) is 11.1 Å². The van der Waals surface area contributed by atoms with Crippen molar-refractivity contribution in [2.24, 2.45) is 0 Å². The van der Waals surface area contributed by atoms with Gasteiger partial charge in [0.15, 0.2) is 29.0 Å². The van der Waals surface area contributed by atoms with Crippen LogP contribution in [0, 0.1) is 34.9 Å². The van der Waals surface area contributed by atoms with Gasteiger partial charge in [0.25, 0.3) is 0 Å². The van der Waals surface area contributed by atoms with E-state index in [4.69, 9.17) is 0 Å². The molecule has 2 aromatic rings. The van der Waals surface area contributed by atoms with Crippen molar-refractivity contribution >= 4 is 17.6 Å². The van der Waals surface area contributed by atoms with Gasteiger partial charge in [0, 0.05) is 11.6 Å². The number of carbonyl (C=O) groups is 2. The third kappa shape index (κ3) is 3.15. The molecule has 0 aliphatic carbocycles. The smallest absolute Gasteiger partial charge is 0.480 e. The number of fused-ring (bicyclic) bond motifs is 1. The van der Waals surface area contributed by atoms with E-state index in [1.807, 2.05) is 0 Å². The first-order chi connectivity index (χ1) is 14.1. The van der Waals surface area contributed by atoms with Gasteiger partial charge in [-0.25, -0.2) is 31.1 Å². The number of alkyl halides is 2. The molecule has 31 heavy (non-hydrogen) atoms. The number of benzene rings is 2. The summed E-state index contributed by atoms with van der Waals surface area (Å²) in [7, 11) is 0. The first kappa shape index (κ1) is 22.3. The number of carboxylic acid groups (broad SMARTS) is 1. The summed E-state index contributed by atoms with van der Waals surface area (Å²) in [5.41, 5.74) is -6.40. The number of hydrogen-bond donors (Lipinski definition) is 1.